The number of benzene rings is 1. The Morgan fingerprint density at radius 2 is 1.89 bits per heavy atom. The van der Waals surface area contributed by atoms with Crippen LogP contribution < -0.4 is 16.0 Å². The maximum Gasteiger partial charge on any atom is 0.324 e. The lowest BCUT2D eigenvalue weighted by atomic mass is 10.1. The summed E-state index contributed by atoms with van der Waals surface area (Å²) in [5.41, 5.74) is 1.17. The molecule has 0 bridgehead atoms. The molecule has 5 rings (SSSR count). The summed E-state index contributed by atoms with van der Waals surface area (Å²) in [6.45, 7) is 5.85. The fraction of sp³-hybridized carbons (Fsp3) is 0.409. The van der Waals surface area contributed by atoms with Gasteiger partial charge in [-0.2, -0.15) is 0 Å². The normalized spacial score (nSPS) is 24.8. The molecule has 0 unspecified atom stereocenters. The topological polar surface area (TPSA) is 142 Å². The van der Waals surface area contributed by atoms with Crippen LogP contribution in [0.25, 0.3) is 11.2 Å². The van der Waals surface area contributed by atoms with Crippen molar-refractivity contribution in [3.8, 4) is 0 Å². The number of hydrogen-bond acceptors (Lipinski definition) is 8. The molecule has 2 aromatic heterocycles. The highest BCUT2D eigenvalue weighted by Crippen LogP contribution is 2.44. The summed E-state index contributed by atoms with van der Waals surface area (Å²) in [6.07, 6.45) is 0.0104. The molecule has 2 saturated heterocycles. The minimum atomic E-state index is -0.892. The van der Waals surface area contributed by atoms with Gasteiger partial charge in [0, 0.05) is 6.54 Å². The van der Waals surface area contributed by atoms with Crippen LogP contribution in [0.15, 0.2) is 36.9 Å². The van der Waals surface area contributed by atoms with Gasteiger partial charge in [0.1, 0.15) is 18.5 Å². The first kappa shape index (κ1) is 23.4. The number of amides is 3. The summed E-state index contributed by atoms with van der Waals surface area (Å²) >= 11 is 6.11. The third kappa shape index (κ3) is 4.41. The number of anilines is 2. The zero-order valence-electron chi connectivity index (χ0n) is 19.2. The Morgan fingerprint density at radius 1 is 1.11 bits per heavy atom. The number of carbonyl (C=O) groups excluding carboxylic acids is 2. The van der Waals surface area contributed by atoms with Gasteiger partial charge in [0.05, 0.1) is 17.0 Å². The highest BCUT2D eigenvalue weighted by molar-refractivity contribution is 6.33. The third-order valence-electron chi connectivity index (χ3n) is 5.63. The van der Waals surface area contributed by atoms with Crippen LogP contribution in [-0.4, -0.2) is 62.1 Å². The second-order valence-corrected chi connectivity index (χ2v) is 8.92. The van der Waals surface area contributed by atoms with Crippen LogP contribution >= 0.6 is 11.6 Å². The number of urea groups is 1. The highest BCUT2D eigenvalue weighted by atomic mass is 35.5. The molecule has 0 saturated carbocycles. The third-order valence-corrected chi connectivity index (χ3v) is 5.95. The van der Waals surface area contributed by atoms with Gasteiger partial charge in [-0.15, -0.1) is 0 Å². The molecule has 184 valence electrons. The molecule has 3 aromatic rings. The lowest BCUT2D eigenvalue weighted by Crippen LogP contribution is -2.42. The number of fused-ring (bicyclic) bond motifs is 2. The number of para-hydroxylation sites is 1. The van der Waals surface area contributed by atoms with Crippen LogP contribution in [-0.2, 0) is 19.0 Å². The summed E-state index contributed by atoms with van der Waals surface area (Å²) in [4.78, 5) is 38.1. The van der Waals surface area contributed by atoms with Crippen molar-refractivity contribution in [2.75, 3.05) is 17.2 Å². The smallest absolute Gasteiger partial charge is 0.324 e. The van der Waals surface area contributed by atoms with Crippen LogP contribution in [0, 0.1) is 0 Å². The number of ether oxygens (including phenoxy) is 3. The maximum atomic E-state index is 12.6. The molecule has 1 aromatic carbocycles. The number of rotatable bonds is 5. The first-order chi connectivity index (χ1) is 16.8. The van der Waals surface area contributed by atoms with Gasteiger partial charge >= 0.3 is 6.03 Å². The predicted octanol–water partition coefficient (Wildman–Crippen LogP) is 2.68. The molecule has 13 heteroatoms. The van der Waals surface area contributed by atoms with Gasteiger partial charge in [-0.05, 0) is 32.9 Å². The van der Waals surface area contributed by atoms with Crippen molar-refractivity contribution in [2.24, 2.45) is 0 Å². The first-order valence-corrected chi connectivity index (χ1v) is 11.4. The van der Waals surface area contributed by atoms with E-state index in [9.17, 15) is 9.59 Å². The first-order valence-electron chi connectivity index (χ1n) is 11.1. The largest absolute Gasteiger partial charge is 0.354 e. The Labute approximate surface area is 205 Å². The van der Waals surface area contributed by atoms with E-state index in [0.717, 1.165) is 0 Å². The van der Waals surface area contributed by atoms with Crippen LogP contribution in [0.3, 0.4) is 0 Å². The van der Waals surface area contributed by atoms with Crippen molar-refractivity contribution in [2.45, 2.75) is 51.1 Å². The monoisotopic (exact) mass is 501 g/mol. The zero-order chi connectivity index (χ0) is 24.7. The number of carbonyl (C=O) groups is 2. The van der Waals surface area contributed by atoms with E-state index in [1.807, 2.05) is 6.92 Å². The average molecular weight is 502 g/mol. The number of nitrogens with one attached hydrogen (secondary N) is 3. The second-order valence-electron chi connectivity index (χ2n) is 8.51. The van der Waals surface area contributed by atoms with Gasteiger partial charge in [-0.25, -0.2) is 19.7 Å². The molecule has 12 nitrogen and oxygen atoms in total. The summed E-state index contributed by atoms with van der Waals surface area (Å²) in [7, 11) is 0. The summed E-state index contributed by atoms with van der Waals surface area (Å²) in [5, 5.41) is 8.51. The Morgan fingerprint density at radius 3 is 2.66 bits per heavy atom. The van der Waals surface area contributed by atoms with E-state index in [1.165, 1.54) is 12.7 Å². The van der Waals surface area contributed by atoms with E-state index in [4.69, 9.17) is 25.8 Å². The second kappa shape index (κ2) is 9.04. The van der Waals surface area contributed by atoms with Gasteiger partial charge in [0.25, 0.3) is 5.91 Å². The summed E-state index contributed by atoms with van der Waals surface area (Å²) < 4.78 is 19.8. The Hall–Kier alpha value is -3.32. The maximum absolute atomic E-state index is 12.6. The quantitative estimate of drug-likeness (QED) is 0.484. The number of nitrogens with zero attached hydrogens (tertiary/aromatic N) is 4. The van der Waals surface area contributed by atoms with Crippen LogP contribution in [0.1, 0.15) is 27.0 Å². The number of halogens is 1. The van der Waals surface area contributed by atoms with Gasteiger partial charge in [0.2, 0.25) is 0 Å². The van der Waals surface area contributed by atoms with Gasteiger partial charge in [-0.3, -0.25) is 14.7 Å². The van der Waals surface area contributed by atoms with Crippen molar-refractivity contribution in [1.29, 1.82) is 0 Å². The van der Waals surface area contributed by atoms with E-state index in [-0.39, 0.29) is 11.7 Å². The predicted molar refractivity (Wildman–Crippen MR) is 126 cm³/mol. The minimum Gasteiger partial charge on any atom is -0.354 e. The highest BCUT2D eigenvalue weighted by Gasteiger charge is 2.58. The molecular formula is C22H24ClN7O5. The Balaban J connectivity index is 1.42. The SMILES string of the molecule is CCNC(=O)[C@H]1O[C@@H](n2cnc3c(NC(=O)Nc4ccccc4Cl)ncnc32)[C@@H]2OC(C)(C)O[C@@H]21. The molecule has 3 amide bonds. The summed E-state index contributed by atoms with van der Waals surface area (Å²) in [6, 6.07) is 6.32. The molecule has 4 heterocycles. The minimum absolute atomic E-state index is 0.192. The molecule has 2 aliphatic rings. The van der Waals surface area contributed by atoms with E-state index in [1.54, 1.807) is 42.7 Å². The van der Waals surface area contributed by atoms with Crippen molar-refractivity contribution >= 4 is 46.2 Å². The van der Waals surface area contributed by atoms with E-state index in [2.05, 4.69) is 30.9 Å². The fourth-order valence-corrected chi connectivity index (χ4v) is 4.42. The number of hydrogen-bond donors (Lipinski definition) is 3. The van der Waals surface area contributed by atoms with Crippen molar-refractivity contribution in [3.63, 3.8) is 0 Å². The fourth-order valence-electron chi connectivity index (χ4n) is 4.24. The van der Waals surface area contributed by atoms with Crippen LogP contribution in [0.2, 0.25) is 5.02 Å². The van der Waals surface area contributed by atoms with Crippen molar-refractivity contribution in [3.05, 3.63) is 41.9 Å². The standard InChI is InChI=1S/C22H24ClN7O5/c1-4-24-19(31)15-14-16(35-22(2,3)34-14)20(33-15)30-10-27-13-17(25-9-26-18(13)30)29-21(32)28-12-8-6-5-7-11(12)23/h5-10,14-16,20H,4H2,1-3H3,(H,24,31)(H2,25,26,28,29,32)/t14-,15+,16-,20-/m1/s1. The lowest BCUT2D eigenvalue weighted by molar-refractivity contribution is -0.197. The summed E-state index contributed by atoms with van der Waals surface area (Å²) in [5.74, 6) is -0.988. The van der Waals surface area contributed by atoms with Crippen molar-refractivity contribution < 1.29 is 23.8 Å². The lowest BCUT2D eigenvalue weighted by Gasteiger charge is -2.24. The molecule has 0 spiro atoms. The molecule has 0 radical (unpaired) electrons. The van der Waals surface area contributed by atoms with Crippen LogP contribution in [0.5, 0.6) is 0 Å². The van der Waals surface area contributed by atoms with Gasteiger partial charge in [0.15, 0.2) is 35.1 Å². The van der Waals surface area contributed by atoms with E-state index < -0.39 is 36.4 Å². The van der Waals surface area contributed by atoms with E-state index in [0.29, 0.717) is 28.4 Å². The molecule has 0 aliphatic carbocycles. The molecule has 4 atom stereocenters. The van der Waals surface area contributed by atoms with Crippen LogP contribution in [0.4, 0.5) is 16.3 Å². The Kier molecular flexibility index (Phi) is 6.05. The Bertz CT molecular complexity index is 1280. The molecule has 3 N–H and O–H groups in total. The number of aromatic nitrogens is 4. The molecular weight excluding hydrogens is 478 g/mol. The molecule has 2 fully saturated rings. The number of likely N-dealkylation sites (N-methyl/N-ethyl adjacent to an activating group) is 1. The van der Waals surface area contributed by atoms with Crippen molar-refractivity contribution in [1.82, 2.24) is 24.8 Å². The molecule has 2 aliphatic heterocycles. The van der Waals surface area contributed by atoms with E-state index >= 15 is 0 Å². The number of imidazole rings is 1. The van der Waals surface area contributed by atoms with Gasteiger partial charge < -0.3 is 24.8 Å². The average Bonchev–Trinajstić information content (AvgIpc) is 3.46. The zero-order valence-corrected chi connectivity index (χ0v) is 19.9. The van der Waals surface area contributed by atoms with Gasteiger partial charge in [-0.1, -0.05) is 23.7 Å². The molecule has 35 heavy (non-hydrogen) atoms.